The van der Waals surface area contributed by atoms with Crippen molar-refractivity contribution < 1.29 is 19.5 Å². The molecule has 2 amide bonds. The van der Waals surface area contributed by atoms with Gasteiger partial charge in [0, 0.05) is 23.0 Å². The van der Waals surface area contributed by atoms with Gasteiger partial charge in [-0.05, 0) is 90.9 Å². The molecule has 1 heterocycles. The normalized spacial score (nSPS) is 15.3. The van der Waals surface area contributed by atoms with Crippen molar-refractivity contribution in [3.63, 3.8) is 0 Å². The molecular weight excluding hydrogens is 606 g/mol. The molecule has 0 spiro atoms. The Morgan fingerprint density at radius 2 is 1.50 bits per heavy atom. The molecule has 6 nitrogen and oxygen atoms in total. The van der Waals surface area contributed by atoms with E-state index in [9.17, 15) is 19.5 Å². The van der Waals surface area contributed by atoms with Crippen LogP contribution in [0, 0.1) is 6.92 Å². The van der Waals surface area contributed by atoms with Crippen molar-refractivity contribution in [2.75, 3.05) is 11.4 Å². The summed E-state index contributed by atoms with van der Waals surface area (Å²) in [5.74, 6) is -1.44. The van der Waals surface area contributed by atoms with Gasteiger partial charge in [0.2, 0.25) is 0 Å². The van der Waals surface area contributed by atoms with Crippen molar-refractivity contribution in [1.82, 2.24) is 4.90 Å². The number of unbranched alkanes of at least 4 members (excludes halogenated alkanes) is 1. The van der Waals surface area contributed by atoms with Crippen LogP contribution in [-0.4, -0.2) is 63.9 Å². The molecule has 4 aromatic carbocycles. The van der Waals surface area contributed by atoms with Crippen molar-refractivity contribution in [1.29, 1.82) is 0 Å². The fourth-order valence-corrected chi connectivity index (χ4v) is 5.93. The van der Waals surface area contributed by atoms with Crippen LogP contribution in [0.1, 0.15) is 65.3 Å². The summed E-state index contributed by atoms with van der Waals surface area (Å²) in [5, 5.41) is 10.3. The zero-order valence-corrected chi connectivity index (χ0v) is 25.5. The number of carbonyl (C=O) groups is 3. The van der Waals surface area contributed by atoms with E-state index in [-0.39, 0.29) is 54.3 Å². The van der Waals surface area contributed by atoms with Gasteiger partial charge in [-0.15, -0.1) is 0 Å². The van der Waals surface area contributed by atoms with Crippen LogP contribution in [0.2, 0.25) is 10.0 Å². The van der Waals surface area contributed by atoms with Gasteiger partial charge in [0.15, 0.2) is 0 Å². The first-order chi connectivity index (χ1) is 20.7. The van der Waals surface area contributed by atoms with Crippen molar-refractivity contribution in [2.45, 2.75) is 45.2 Å². The van der Waals surface area contributed by atoms with E-state index >= 15 is 0 Å². The number of aryl methyl sites for hydroxylation is 1. The molecule has 0 radical (unpaired) electrons. The van der Waals surface area contributed by atoms with Crippen LogP contribution < -0.4 is 4.90 Å². The minimum atomic E-state index is -0.954. The SMILES string of the molecule is Cc1ccccc1-c1ccc2c(c1)C(=O)N([C@H](C)c1ccc(Cl)cc1)C(c1ccc(Cl)cc1)C(=O)N2CCCCC(=O)O.[NaH]. The number of carboxylic acid groups (broad SMARTS) is 1. The Labute approximate surface area is 289 Å². The van der Waals surface area contributed by atoms with E-state index in [0.29, 0.717) is 39.7 Å². The summed E-state index contributed by atoms with van der Waals surface area (Å²) in [7, 11) is 0. The molecule has 1 N–H and O–H groups in total. The molecule has 1 aliphatic heterocycles. The van der Waals surface area contributed by atoms with Gasteiger partial charge < -0.3 is 14.9 Å². The summed E-state index contributed by atoms with van der Waals surface area (Å²) in [6.07, 6.45) is 0.867. The number of hydrogen-bond donors (Lipinski definition) is 1. The molecule has 4 aromatic rings. The third-order valence-corrected chi connectivity index (χ3v) is 8.47. The Morgan fingerprint density at radius 3 is 2.14 bits per heavy atom. The van der Waals surface area contributed by atoms with Gasteiger partial charge in [-0.3, -0.25) is 14.4 Å². The zero-order chi connectivity index (χ0) is 30.7. The number of carboxylic acids is 1. The quantitative estimate of drug-likeness (QED) is 0.149. The Bertz CT molecular complexity index is 1660. The molecule has 9 heteroatoms. The molecule has 0 aliphatic carbocycles. The first-order valence-corrected chi connectivity index (χ1v) is 15.0. The van der Waals surface area contributed by atoms with Crippen LogP contribution in [0.3, 0.4) is 0 Å². The first-order valence-electron chi connectivity index (χ1n) is 14.2. The summed E-state index contributed by atoms with van der Waals surface area (Å²) in [6.45, 7) is 4.20. The van der Waals surface area contributed by atoms with Crippen molar-refractivity contribution in [2.24, 2.45) is 0 Å². The van der Waals surface area contributed by atoms with Crippen molar-refractivity contribution >= 4 is 76.2 Å². The maximum atomic E-state index is 14.8. The third kappa shape index (κ3) is 7.22. The zero-order valence-electron chi connectivity index (χ0n) is 24.0. The molecule has 222 valence electrons. The predicted octanol–water partition coefficient (Wildman–Crippen LogP) is 7.87. The Hall–Kier alpha value is -3.13. The topological polar surface area (TPSA) is 77.9 Å². The molecule has 5 rings (SSSR count). The first kappa shape index (κ1) is 33.8. The van der Waals surface area contributed by atoms with Crippen LogP contribution in [0.15, 0.2) is 91.0 Å². The number of rotatable bonds is 9. The van der Waals surface area contributed by atoms with Gasteiger partial charge in [0.25, 0.3) is 11.8 Å². The summed E-state index contributed by atoms with van der Waals surface area (Å²) in [5.41, 5.74) is 5.30. The standard InChI is InChI=1S/C35H32Cl2N2O4.Na.H/c1-22-7-3-4-8-29(22)26-14-19-31-30(21-26)34(42)39(23(2)24-10-15-27(36)16-11-24)33(25-12-17-28(37)18-13-25)35(43)38(31)20-6-5-9-32(40)41;;/h3-4,7-8,10-19,21,23,33H,5-6,9,20H2,1-2H3,(H,40,41);;/t23-,33?;;/m1../s1. The number of fused-ring (bicyclic) bond motifs is 1. The summed E-state index contributed by atoms with van der Waals surface area (Å²) in [4.78, 5) is 43.9. The number of amides is 2. The number of carbonyl (C=O) groups excluding carboxylic acids is 2. The summed E-state index contributed by atoms with van der Waals surface area (Å²) in [6, 6.07) is 26.4. The number of benzene rings is 4. The monoisotopic (exact) mass is 638 g/mol. The molecule has 0 aromatic heterocycles. The molecular formula is C35H33Cl2N2NaO4. The van der Waals surface area contributed by atoms with E-state index < -0.39 is 18.1 Å². The van der Waals surface area contributed by atoms with E-state index in [1.807, 2.05) is 68.4 Å². The molecule has 1 unspecified atom stereocenters. The van der Waals surface area contributed by atoms with E-state index in [0.717, 1.165) is 22.3 Å². The van der Waals surface area contributed by atoms with Gasteiger partial charge in [-0.25, -0.2) is 0 Å². The molecule has 2 atom stereocenters. The predicted molar refractivity (Wildman–Crippen MR) is 178 cm³/mol. The van der Waals surface area contributed by atoms with Gasteiger partial charge in [0.05, 0.1) is 17.3 Å². The van der Waals surface area contributed by atoms with Crippen LogP contribution >= 0.6 is 23.2 Å². The number of nitrogens with zero attached hydrogens (tertiary/aromatic N) is 2. The van der Waals surface area contributed by atoms with Crippen LogP contribution in [0.25, 0.3) is 11.1 Å². The molecule has 0 bridgehead atoms. The fourth-order valence-electron chi connectivity index (χ4n) is 5.68. The van der Waals surface area contributed by atoms with Gasteiger partial charge in [-0.2, -0.15) is 0 Å². The number of anilines is 1. The average Bonchev–Trinajstić information content (AvgIpc) is 3.08. The van der Waals surface area contributed by atoms with E-state index in [1.54, 1.807) is 46.2 Å². The Balaban J connectivity index is 0.00000442. The number of halogens is 2. The number of aliphatic carboxylic acids is 1. The summed E-state index contributed by atoms with van der Waals surface area (Å²) < 4.78 is 0. The third-order valence-electron chi connectivity index (χ3n) is 7.96. The summed E-state index contributed by atoms with van der Waals surface area (Å²) >= 11 is 12.4. The fraction of sp³-hybridized carbons (Fsp3) is 0.229. The molecule has 44 heavy (non-hydrogen) atoms. The number of hydrogen-bond acceptors (Lipinski definition) is 3. The van der Waals surface area contributed by atoms with Gasteiger partial charge >= 0.3 is 35.5 Å². The molecule has 0 saturated carbocycles. The Morgan fingerprint density at radius 1 is 0.864 bits per heavy atom. The minimum absolute atomic E-state index is 0. The maximum absolute atomic E-state index is 14.8. The second kappa shape index (κ2) is 14.8. The van der Waals surface area contributed by atoms with E-state index in [1.165, 1.54) is 0 Å². The van der Waals surface area contributed by atoms with E-state index in [4.69, 9.17) is 23.2 Å². The van der Waals surface area contributed by atoms with Crippen LogP contribution in [-0.2, 0) is 9.59 Å². The second-order valence-corrected chi connectivity index (χ2v) is 11.7. The molecule has 1 aliphatic rings. The average molecular weight is 640 g/mol. The van der Waals surface area contributed by atoms with Crippen LogP contribution in [0.4, 0.5) is 5.69 Å². The van der Waals surface area contributed by atoms with Crippen molar-refractivity contribution in [3.05, 3.63) is 123 Å². The van der Waals surface area contributed by atoms with Gasteiger partial charge in [-0.1, -0.05) is 77.8 Å². The molecule has 0 saturated heterocycles. The molecule has 0 fully saturated rings. The van der Waals surface area contributed by atoms with E-state index in [2.05, 4.69) is 0 Å². The second-order valence-electron chi connectivity index (χ2n) is 10.8. The van der Waals surface area contributed by atoms with Crippen molar-refractivity contribution in [3.8, 4) is 11.1 Å². The Kier molecular flexibility index (Phi) is 11.3. The van der Waals surface area contributed by atoms with Gasteiger partial charge in [0.1, 0.15) is 6.04 Å². The van der Waals surface area contributed by atoms with Crippen LogP contribution in [0.5, 0.6) is 0 Å².